The topological polar surface area (TPSA) is 34.2 Å². The summed E-state index contributed by atoms with van der Waals surface area (Å²) in [6, 6.07) is 21.3. The fraction of sp³-hybridized carbons (Fsp3) is 0.632. The summed E-state index contributed by atoms with van der Waals surface area (Å²) in [5.41, 5.74) is 2.72. The van der Waals surface area contributed by atoms with E-state index < -0.39 is 0 Å². The normalized spacial score (nSPS) is 22.8. The third-order valence-electron chi connectivity index (χ3n) is 10.00. The van der Waals surface area contributed by atoms with Crippen LogP contribution in [0.2, 0.25) is 0 Å². The molecule has 3 fully saturated rings. The van der Waals surface area contributed by atoms with E-state index in [1.54, 1.807) is 0 Å². The first-order valence-electron chi connectivity index (χ1n) is 17.8. The largest absolute Gasteiger partial charge is 0.494 e. The van der Waals surface area contributed by atoms with Gasteiger partial charge in [-0.15, -0.1) is 0 Å². The summed E-state index contributed by atoms with van der Waals surface area (Å²) in [4.78, 5) is 10.4. The highest BCUT2D eigenvalue weighted by atomic mass is 32.1. The summed E-state index contributed by atoms with van der Waals surface area (Å²) in [5, 5.41) is 5.49. The van der Waals surface area contributed by atoms with E-state index in [0.717, 1.165) is 74.5 Å². The molecule has 8 heteroatoms. The van der Waals surface area contributed by atoms with Crippen LogP contribution in [0, 0.1) is 11.8 Å². The number of benzene rings is 2. The summed E-state index contributed by atoms with van der Waals surface area (Å²) in [7, 11) is 0. The molecule has 252 valence electrons. The van der Waals surface area contributed by atoms with E-state index in [2.05, 4.69) is 107 Å². The van der Waals surface area contributed by atoms with Gasteiger partial charge in [-0.2, -0.15) is 0 Å². The van der Waals surface area contributed by atoms with Crippen molar-refractivity contribution in [3.8, 4) is 5.75 Å². The minimum atomic E-state index is 0.413. The molecule has 2 aromatic rings. The zero-order chi connectivity index (χ0) is 32.6. The zero-order valence-electron chi connectivity index (χ0n) is 28.9. The quantitative estimate of drug-likeness (QED) is 0.201. The van der Waals surface area contributed by atoms with Gasteiger partial charge in [-0.3, -0.25) is 4.90 Å². The molecule has 0 radical (unpaired) electrons. The lowest BCUT2D eigenvalue weighted by Crippen LogP contribution is -2.51. The summed E-state index contributed by atoms with van der Waals surface area (Å²) in [6.45, 7) is 18.3. The molecule has 3 aliphatic rings. The molecule has 3 heterocycles. The first kappa shape index (κ1) is 34.9. The average Bonchev–Trinajstić information content (AvgIpc) is 3.70. The third kappa shape index (κ3) is 9.13. The molecule has 0 spiro atoms. The number of likely N-dealkylation sites (tertiary alicyclic amines) is 1. The minimum absolute atomic E-state index is 0.413. The maximum atomic E-state index is 6.35. The van der Waals surface area contributed by atoms with E-state index in [1.165, 1.54) is 30.4 Å². The van der Waals surface area contributed by atoms with Crippen LogP contribution < -0.4 is 10.1 Å². The molecule has 6 nitrogen and oxygen atoms in total. The zero-order valence-corrected chi connectivity index (χ0v) is 30.5. The number of nitrogens with zero attached hydrogens (tertiary/aromatic N) is 4. The van der Waals surface area contributed by atoms with Gasteiger partial charge in [0.2, 0.25) is 0 Å². The first-order chi connectivity index (χ1) is 22.2. The molecule has 1 unspecified atom stereocenters. The second-order valence-corrected chi connectivity index (χ2v) is 15.2. The summed E-state index contributed by atoms with van der Waals surface area (Å²) in [5.74, 6) is 2.19. The number of hydrogen-bond acceptors (Lipinski definition) is 4. The Morgan fingerprint density at radius 3 is 2.35 bits per heavy atom. The van der Waals surface area contributed by atoms with Crippen LogP contribution in [0.15, 0.2) is 54.6 Å². The van der Waals surface area contributed by atoms with Crippen LogP contribution in [0.25, 0.3) is 0 Å². The lowest BCUT2D eigenvalue weighted by atomic mass is 10.00. The van der Waals surface area contributed by atoms with Gasteiger partial charge in [0.15, 0.2) is 10.2 Å². The minimum Gasteiger partial charge on any atom is -0.494 e. The predicted molar refractivity (Wildman–Crippen MR) is 200 cm³/mol. The monoisotopic (exact) mass is 663 g/mol. The van der Waals surface area contributed by atoms with Crippen LogP contribution in [0.1, 0.15) is 71.4 Å². The van der Waals surface area contributed by atoms with Gasteiger partial charge in [-0.25, -0.2) is 0 Å². The van der Waals surface area contributed by atoms with Crippen molar-refractivity contribution in [3.63, 3.8) is 0 Å². The van der Waals surface area contributed by atoms with Gasteiger partial charge in [0, 0.05) is 50.8 Å². The van der Waals surface area contributed by atoms with E-state index in [1.807, 2.05) is 6.92 Å². The SMILES string of the molecule is CCOc1ccc(CCN2C(=S)N([C@@H](CC(C)C)CN3CCCC3CN3C(=S)NC[C@@H]3Cc3ccccc3)C[C@@H]2CC(C)C)cc1. The van der Waals surface area contributed by atoms with Crippen LogP contribution in [0.4, 0.5) is 0 Å². The molecule has 5 rings (SSSR count). The number of hydrogen-bond donors (Lipinski definition) is 1. The maximum Gasteiger partial charge on any atom is 0.172 e. The van der Waals surface area contributed by atoms with Gasteiger partial charge in [-0.05, 0) is 112 Å². The van der Waals surface area contributed by atoms with Crippen molar-refractivity contribution in [1.82, 2.24) is 24.9 Å². The molecule has 0 aromatic heterocycles. The van der Waals surface area contributed by atoms with Gasteiger partial charge < -0.3 is 24.8 Å². The molecular weight excluding hydrogens is 607 g/mol. The second kappa shape index (κ2) is 16.6. The highest BCUT2D eigenvalue weighted by Gasteiger charge is 2.40. The Bertz CT molecular complexity index is 1260. The summed E-state index contributed by atoms with van der Waals surface area (Å²) < 4.78 is 5.67. The van der Waals surface area contributed by atoms with E-state index in [0.29, 0.717) is 42.6 Å². The molecule has 46 heavy (non-hydrogen) atoms. The molecule has 0 aliphatic carbocycles. The Morgan fingerprint density at radius 2 is 1.65 bits per heavy atom. The van der Waals surface area contributed by atoms with E-state index in [4.69, 9.17) is 29.2 Å². The second-order valence-electron chi connectivity index (χ2n) is 14.5. The lowest BCUT2D eigenvalue weighted by Gasteiger charge is -2.38. The first-order valence-corrected chi connectivity index (χ1v) is 18.6. The van der Waals surface area contributed by atoms with Crippen molar-refractivity contribution in [2.75, 3.05) is 45.9 Å². The average molecular weight is 664 g/mol. The Morgan fingerprint density at radius 1 is 0.891 bits per heavy atom. The van der Waals surface area contributed by atoms with Crippen molar-refractivity contribution in [3.05, 3.63) is 65.7 Å². The van der Waals surface area contributed by atoms with Crippen molar-refractivity contribution < 1.29 is 4.74 Å². The molecule has 0 amide bonds. The van der Waals surface area contributed by atoms with E-state index in [-0.39, 0.29) is 0 Å². The lowest BCUT2D eigenvalue weighted by molar-refractivity contribution is 0.149. The van der Waals surface area contributed by atoms with Crippen molar-refractivity contribution in [1.29, 1.82) is 0 Å². The molecule has 3 saturated heterocycles. The van der Waals surface area contributed by atoms with Crippen LogP contribution in [-0.2, 0) is 12.8 Å². The number of ether oxygens (including phenoxy) is 1. The van der Waals surface area contributed by atoms with Crippen molar-refractivity contribution >= 4 is 34.7 Å². The van der Waals surface area contributed by atoms with E-state index in [9.17, 15) is 0 Å². The van der Waals surface area contributed by atoms with Gasteiger partial charge >= 0.3 is 0 Å². The Balaban J connectivity index is 1.26. The number of nitrogens with one attached hydrogen (secondary N) is 1. The number of thiocarbonyl (C=S) groups is 2. The molecular formula is C38H57N5OS2. The van der Waals surface area contributed by atoms with Crippen LogP contribution in [0.5, 0.6) is 5.75 Å². The molecule has 1 N–H and O–H groups in total. The van der Waals surface area contributed by atoms with Gasteiger partial charge in [-0.1, -0.05) is 70.2 Å². The highest BCUT2D eigenvalue weighted by Crippen LogP contribution is 2.30. The smallest absolute Gasteiger partial charge is 0.172 e. The molecule has 0 bridgehead atoms. The highest BCUT2D eigenvalue weighted by molar-refractivity contribution is 7.80. The molecule has 2 aromatic carbocycles. The van der Waals surface area contributed by atoms with E-state index >= 15 is 0 Å². The fourth-order valence-corrected chi connectivity index (χ4v) is 8.56. The maximum absolute atomic E-state index is 6.35. The summed E-state index contributed by atoms with van der Waals surface area (Å²) in [6.07, 6.45) is 6.84. The predicted octanol–water partition coefficient (Wildman–Crippen LogP) is 6.63. The molecule has 4 atom stereocenters. The molecule has 0 saturated carbocycles. The third-order valence-corrected chi connectivity index (χ3v) is 10.8. The Kier molecular flexibility index (Phi) is 12.6. The van der Waals surface area contributed by atoms with Crippen LogP contribution in [-0.4, -0.2) is 99.9 Å². The Hall–Kier alpha value is -2.42. The van der Waals surface area contributed by atoms with Gasteiger partial charge in [0.25, 0.3) is 0 Å². The van der Waals surface area contributed by atoms with Crippen LogP contribution >= 0.6 is 24.4 Å². The Labute approximate surface area is 289 Å². The van der Waals surface area contributed by atoms with Crippen molar-refractivity contribution in [2.45, 2.75) is 97.3 Å². The number of rotatable bonds is 16. The van der Waals surface area contributed by atoms with Gasteiger partial charge in [0.05, 0.1) is 12.6 Å². The van der Waals surface area contributed by atoms with Crippen molar-refractivity contribution in [2.24, 2.45) is 11.8 Å². The summed E-state index contributed by atoms with van der Waals surface area (Å²) >= 11 is 12.2. The fourth-order valence-electron chi connectivity index (χ4n) is 7.79. The molecule has 3 aliphatic heterocycles. The van der Waals surface area contributed by atoms with Gasteiger partial charge in [0.1, 0.15) is 5.75 Å². The standard InChI is InChI=1S/C38H57N5OS2/c1-6-44-36-16-14-30(15-17-36)18-20-41-35(22-29(4)5)27-43(38(41)46)34(21-28(2)3)25-40-19-10-13-32(40)26-42-33(24-39-37(42)45)23-31-11-8-7-9-12-31/h7-9,11-12,14-17,28-29,32-35H,6,10,13,18-27H2,1-5H3,(H,39,45)/t32?,33-,34-,35-/m0/s1. The van der Waals surface area contributed by atoms with Crippen LogP contribution in [0.3, 0.4) is 0 Å².